The quantitative estimate of drug-likeness (QED) is 0.354. The second-order valence-electron chi connectivity index (χ2n) is 13.5. The van der Waals surface area contributed by atoms with Crippen LogP contribution < -0.4 is 11.4 Å². The lowest BCUT2D eigenvalue weighted by Crippen LogP contribution is -2.55. The molecule has 4 heterocycles. The Morgan fingerprint density at radius 3 is 2.26 bits per heavy atom. The molecule has 252 valence electrons. The first kappa shape index (κ1) is 33.2. The van der Waals surface area contributed by atoms with Gasteiger partial charge >= 0.3 is 5.69 Å². The molecule has 0 spiro atoms. The fraction of sp³-hybridized carbons (Fsp3) is 0.543. The van der Waals surface area contributed by atoms with Gasteiger partial charge in [-0.1, -0.05) is 48.0 Å². The van der Waals surface area contributed by atoms with Gasteiger partial charge in [0.15, 0.2) is 5.82 Å². The number of amides is 2. The lowest BCUT2D eigenvalue weighted by Gasteiger charge is -2.43. The highest BCUT2D eigenvalue weighted by molar-refractivity contribution is 6.33. The average molecular weight is 663 g/mol. The monoisotopic (exact) mass is 662 g/mol. The highest BCUT2D eigenvalue weighted by atomic mass is 35.5. The van der Waals surface area contributed by atoms with E-state index in [2.05, 4.69) is 26.9 Å². The number of carbonyl (C=O) groups is 2. The van der Waals surface area contributed by atoms with Crippen molar-refractivity contribution in [3.63, 3.8) is 0 Å². The Kier molecular flexibility index (Phi) is 10.3. The third kappa shape index (κ3) is 7.74. The van der Waals surface area contributed by atoms with Crippen LogP contribution in [0.1, 0.15) is 49.3 Å². The maximum atomic E-state index is 14.1. The van der Waals surface area contributed by atoms with E-state index in [4.69, 9.17) is 17.3 Å². The first-order valence-electron chi connectivity index (χ1n) is 16.9. The summed E-state index contributed by atoms with van der Waals surface area (Å²) in [7, 11) is 2.17. The number of aryl methyl sites for hydroxylation is 1. The number of hydrogen-bond donors (Lipinski definition) is 2. The van der Waals surface area contributed by atoms with Crippen molar-refractivity contribution in [1.82, 2.24) is 34.4 Å². The number of carbonyl (C=O) groups excluding carboxylic acids is 2. The minimum absolute atomic E-state index is 0.0263. The second kappa shape index (κ2) is 14.6. The van der Waals surface area contributed by atoms with E-state index in [1.54, 1.807) is 0 Å². The third-order valence-corrected chi connectivity index (χ3v) is 10.6. The van der Waals surface area contributed by atoms with Gasteiger partial charge in [0.25, 0.3) is 0 Å². The Morgan fingerprint density at radius 1 is 0.936 bits per heavy atom. The molecule has 3 N–H and O–H groups in total. The molecular formula is C35H47ClN8O3. The molecule has 47 heavy (non-hydrogen) atoms. The van der Waals surface area contributed by atoms with E-state index in [1.807, 2.05) is 59.2 Å². The first-order chi connectivity index (χ1) is 22.7. The van der Waals surface area contributed by atoms with Crippen LogP contribution in [-0.4, -0.2) is 112 Å². The Balaban J connectivity index is 1.10. The summed E-state index contributed by atoms with van der Waals surface area (Å²) in [6, 6.07) is 13.8. The molecule has 3 fully saturated rings. The van der Waals surface area contributed by atoms with Crippen LogP contribution in [0.4, 0.5) is 5.69 Å². The molecule has 3 aliphatic rings. The van der Waals surface area contributed by atoms with Gasteiger partial charge in [-0.3, -0.25) is 19.5 Å². The molecule has 1 atom stereocenters. The zero-order valence-corrected chi connectivity index (χ0v) is 28.3. The largest absolute Gasteiger partial charge is 0.397 e. The summed E-state index contributed by atoms with van der Waals surface area (Å²) >= 11 is 6.43. The standard InChI is InChI=1S/C35H47ClN8O3/c1-24-20-25(22-30(36)32(24)37)21-27(34(46)43-18-16-41(17-19-43)28-8-12-40(2)13-9-28)23-31(45)42-14-10-29(11-15-42)44-35(47)38-33(39-44)26-6-4-3-5-7-26/h3-7,20,22,27-29H,8-19,21,23,37H2,1-2H3,(H,38,39,47)/t27-/m0/s1. The summed E-state index contributed by atoms with van der Waals surface area (Å²) < 4.78 is 1.52. The molecule has 3 saturated heterocycles. The second-order valence-corrected chi connectivity index (χ2v) is 13.9. The number of likely N-dealkylation sites (tertiary alicyclic amines) is 2. The summed E-state index contributed by atoms with van der Waals surface area (Å²) in [6.07, 6.45) is 4.11. The molecular weight excluding hydrogens is 616 g/mol. The number of halogens is 1. The van der Waals surface area contributed by atoms with Crippen LogP contribution in [0.5, 0.6) is 0 Å². The van der Waals surface area contributed by atoms with Crippen molar-refractivity contribution >= 4 is 29.1 Å². The SMILES string of the molecule is Cc1cc(C[C@@H](CC(=O)N2CCC(n3nc(-c4ccccc4)[nH]c3=O)CC2)C(=O)N2CCN(C3CCN(C)CC3)CC2)cc(Cl)c1N. The van der Waals surface area contributed by atoms with Gasteiger partial charge in [-0.2, -0.15) is 0 Å². The van der Waals surface area contributed by atoms with Crippen LogP contribution in [-0.2, 0) is 16.0 Å². The van der Waals surface area contributed by atoms with Crippen LogP contribution in [0.2, 0.25) is 5.02 Å². The summed E-state index contributed by atoms with van der Waals surface area (Å²) in [5.41, 5.74) is 9.03. The molecule has 11 nitrogen and oxygen atoms in total. The average Bonchev–Trinajstić information content (AvgIpc) is 3.48. The number of piperidine rings is 2. The van der Waals surface area contributed by atoms with E-state index in [0.29, 0.717) is 68.0 Å². The minimum atomic E-state index is -0.503. The number of aromatic nitrogens is 3. The maximum absolute atomic E-state index is 14.1. The molecule has 12 heteroatoms. The van der Waals surface area contributed by atoms with E-state index >= 15 is 0 Å². The Labute approximate surface area is 281 Å². The van der Waals surface area contributed by atoms with Crippen LogP contribution in [0, 0.1) is 12.8 Å². The molecule has 3 aliphatic heterocycles. The summed E-state index contributed by atoms with van der Waals surface area (Å²) in [6.45, 7) is 8.22. The summed E-state index contributed by atoms with van der Waals surface area (Å²) in [4.78, 5) is 52.2. The zero-order valence-electron chi connectivity index (χ0n) is 27.5. The summed E-state index contributed by atoms with van der Waals surface area (Å²) in [5, 5.41) is 5.04. The van der Waals surface area contributed by atoms with Crippen LogP contribution in [0.15, 0.2) is 47.3 Å². The van der Waals surface area contributed by atoms with Gasteiger partial charge in [0.05, 0.1) is 22.7 Å². The van der Waals surface area contributed by atoms with Crippen molar-refractivity contribution in [1.29, 1.82) is 0 Å². The number of nitrogens with zero attached hydrogens (tertiary/aromatic N) is 6. The molecule has 1 aromatic heterocycles. The normalized spacial score (nSPS) is 19.6. The minimum Gasteiger partial charge on any atom is -0.397 e. The number of hydrogen-bond acceptors (Lipinski definition) is 7. The number of piperazine rings is 1. The van der Waals surface area contributed by atoms with Crippen LogP contribution >= 0.6 is 11.6 Å². The number of anilines is 1. The topological polar surface area (TPSA) is 124 Å². The fourth-order valence-corrected chi connectivity index (χ4v) is 7.70. The Morgan fingerprint density at radius 2 is 1.60 bits per heavy atom. The van der Waals surface area contributed by atoms with Crippen molar-refractivity contribution in [2.75, 3.05) is 65.1 Å². The number of nitrogen functional groups attached to an aromatic ring is 1. The van der Waals surface area contributed by atoms with Gasteiger partial charge < -0.3 is 20.4 Å². The van der Waals surface area contributed by atoms with Crippen molar-refractivity contribution < 1.29 is 9.59 Å². The molecule has 0 aliphatic carbocycles. The van der Waals surface area contributed by atoms with Crippen molar-refractivity contribution in [2.24, 2.45) is 5.92 Å². The zero-order chi connectivity index (χ0) is 33.1. The highest BCUT2D eigenvalue weighted by Gasteiger charge is 2.34. The van der Waals surface area contributed by atoms with Crippen molar-refractivity contribution in [3.8, 4) is 11.4 Å². The summed E-state index contributed by atoms with van der Waals surface area (Å²) in [5.74, 6) is 0.0278. The first-order valence-corrected chi connectivity index (χ1v) is 17.3. The fourth-order valence-electron chi connectivity index (χ4n) is 7.41. The molecule has 2 amide bonds. The van der Waals surface area contributed by atoms with Gasteiger partial charge in [0.2, 0.25) is 11.8 Å². The van der Waals surface area contributed by atoms with E-state index < -0.39 is 5.92 Å². The number of nitrogens with two attached hydrogens (primary N) is 1. The number of rotatable bonds is 8. The van der Waals surface area contributed by atoms with Crippen LogP contribution in [0.3, 0.4) is 0 Å². The molecule has 3 aromatic rings. The maximum Gasteiger partial charge on any atom is 0.343 e. The lowest BCUT2D eigenvalue weighted by molar-refractivity contribution is -0.143. The lowest BCUT2D eigenvalue weighted by atomic mass is 9.92. The van der Waals surface area contributed by atoms with Crippen LogP contribution in [0.25, 0.3) is 11.4 Å². The van der Waals surface area contributed by atoms with E-state index in [0.717, 1.165) is 42.9 Å². The van der Waals surface area contributed by atoms with Crippen molar-refractivity contribution in [2.45, 2.75) is 57.5 Å². The van der Waals surface area contributed by atoms with E-state index in [1.165, 1.54) is 17.5 Å². The number of benzene rings is 2. The smallest absolute Gasteiger partial charge is 0.343 e. The number of aromatic amines is 1. The predicted octanol–water partition coefficient (Wildman–Crippen LogP) is 3.43. The molecule has 0 radical (unpaired) electrons. The van der Waals surface area contributed by atoms with Gasteiger partial charge in [-0.05, 0) is 76.4 Å². The molecule has 0 unspecified atom stereocenters. The highest BCUT2D eigenvalue weighted by Crippen LogP contribution is 2.29. The van der Waals surface area contributed by atoms with Gasteiger partial charge in [0.1, 0.15) is 0 Å². The predicted molar refractivity (Wildman–Crippen MR) is 184 cm³/mol. The molecule has 0 bridgehead atoms. The molecule has 2 aromatic carbocycles. The number of H-pyrrole nitrogens is 1. The van der Waals surface area contributed by atoms with Crippen molar-refractivity contribution in [3.05, 3.63) is 69.1 Å². The third-order valence-electron chi connectivity index (χ3n) is 10.3. The van der Waals surface area contributed by atoms with E-state index in [9.17, 15) is 14.4 Å². The molecule has 6 rings (SSSR count). The Bertz CT molecular complexity index is 1580. The van der Waals surface area contributed by atoms with Gasteiger partial charge in [-0.25, -0.2) is 9.48 Å². The van der Waals surface area contributed by atoms with E-state index in [-0.39, 0.29) is 30.0 Å². The molecule has 0 saturated carbocycles. The van der Waals surface area contributed by atoms with Gasteiger partial charge in [-0.15, -0.1) is 5.10 Å². The number of nitrogens with one attached hydrogen (secondary N) is 1. The van der Waals surface area contributed by atoms with Gasteiger partial charge in [0, 0.05) is 57.3 Å². The Hall–Kier alpha value is -3.67.